The SMILES string of the molecule is C=C(C)C(=O)OC1=CC(Cc2ccccc2[N+](=O)[O-])N(C(=O)O)C=C1. The standard InChI is InChI=1S/C17H16N2O6/c1-11(2)16(20)25-14-7-8-18(17(21)22)13(10-14)9-12-5-3-4-6-15(12)19(23)24/h3-8,10,13H,1,9H2,2H3,(H,21,22). The summed E-state index contributed by atoms with van der Waals surface area (Å²) in [5.74, 6) is -0.474. The van der Waals surface area contributed by atoms with Crippen LogP contribution < -0.4 is 0 Å². The van der Waals surface area contributed by atoms with Crippen LogP contribution in [-0.2, 0) is 16.0 Å². The largest absolute Gasteiger partial charge is 0.465 e. The Morgan fingerprint density at radius 3 is 2.68 bits per heavy atom. The number of nitrogens with zero attached hydrogens (tertiary/aromatic N) is 2. The van der Waals surface area contributed by atoms with E-state index in [0.717, 1.165) is 4.90 Å². The minimum Gasteiger partial charge on any atom is -0.465 e. The van der Waals surface area contributed by atoms with Crippen LogP contribution in [0.3, 0.4) is 0 Å². The predicted molar refractivity (Wildman–Crippen MR) is 88.6 cm³/mol. The third-order valence-corrected chi connectivity index (χ3v) is 3.51. The van der Waals surface area contributed by atoms with Crippen LogP contribution in [0.5, 0.6) is 0 Å². The molecule has 0 saturated carbocycles. The van der Waals surface area contributed by atoms with E-state index in [2.05, 4.69) is 6.58 Å². The monoisotopic (exact) mass is 344 g/mol. The summed E-state index contributed by atoms with van der Waals surface area (Å²) < 4.78 is 5.11. The van der Waals surface area contributed by atoms with Gasteiger partial charge in [-0.3, -0.25) is 15.0 Å². The first-order valence-electron chi connectivity index (χ1n) is 7.31. The predicted octanol–water partition coefficient (Wildman–Crippen LogP) is 3.02. The van der Waals surface area contributed by atoms with Crippen molar-refractivity contribution in [1.82, 2.24) is 4.90 Å². The molecule has 8 heteroatoms. The first kappa shape index (κ1) is 17.9. The number of carboxylic acid groups (broad SMARTS) is 1. The Hall–Kier alpha value is -3.42. The second-order valence-electron chi connectivity index (χ2n) is 5.40. The van der Waals surface area contributed by atoms with Gasteiger partial charge in [0, 0.05) is 29.8 Å². The molecule has 1 N–H and O–H groups in total. The first-order chi connectivity index (χ1) is 11.8. The Kier molecular flexibility index (Phi) is 5.33. The van der Waals surface area contributed by atoms with Crippen LogP contribution in [0, 0.1) is 10.1 Å². The summed E-state index contributed by atoms with van der Waals surface area (Å²) in [6.45, 7) is 4.97. The Morgan fingerprint density at radius 1 is 1.40 bits per heavy atom. The molecule has 0 saturated heterocycles. The molecule has 1 aromatic carbocycles. The highest BCUT2D eigenvalue weighted by molar-refractivity contribution is 5.88. The summed E-state index contributed by atoms with van der Waals surface area (Å²) in [5.41, 5.74) is 0.474. The lowest BCUT2D eigenvalue weighted by molar-refractivity contribution is -0.385. The van der Waals surface area contributed by atoms with Gasteiger partial charge in [0.15, 0.2) is 0 Å². The third kappa shape index (κ3) is 4.31. The Morgan fingerprint density at radius 2 is 2.08 bits per heavy atom. The average molecular weight is 344 g/mol. The van der Waals surface area contributed by atoms with Gasteiger partial charge in [-0.1, -0.05) is 24.8 Å². The zero-order valence-electron chi connectivity index (χ0n) is 13.4. The van der Waals surface area contributed by atoms with Crippen molar-refractivity contribution in [3.63, 3.8) is 0 Å². The smallest absolute Gasteiger partial charge is 0.411 e. The van der Waals surface area contributed by atoms with Gasteiger partial charge in [-0.05, 0) is 19.1 Å². The molecule has 0 aliphatic carbocycles. The normalized spacial score (nSPS) is 16.1. The molecule has 25 heavy (non-hydrogen) atoms. The van der Waals surface area contributed by atoms with E-state index in [-0.39, 0.29) is 23.4 Å². The maximum Gasteiger partial charge on any atom is 0.411 e. The minimum absolute atomic E-state index is 0.0575. The number of hydrogen-bond donors (Lipinski definition) is 1. The summed E-state index contributed by atoms with van der Waals surface area (Å²) in [6, 6.07) is 5.33. The van der Waals surface area contributed by atoms with Crippen LogP contribution in [0.15, 0.2) is 60.5 Å². The van der Waals surface area contributed by atoms with Gasteiger partial charge in [0.1, 0.15) is 5.76 Å². The molecule has 0 radical (unpaired) electrons. The van der Waals surface area contributed by atoms with Crippen molar-refractivity contribution in [3.8, 4) is 0 Å². The van der Waals surface area contributed by atoms with Crippen molar-refractivity contribution in [1.29, 1.82) is 0 Å². The summed E-state index contributed by atoms with van der Waals surface area (Å²) in [4.78, 5) is 34.6. The fourth-order valence-electron chi connectivity index (χ4n) is 2.30. The third-order valence-electron chi connectivity index (χ3n) is 3.51. The molecule has 0 spiro atoms. The molecule has 1 aliphatic rings. The summed E-state index contributed by atoms with van der Waals surface area (Å²) in [7, 11) is 0. The first-order valence-corrected chi connectivity index (χ1v) is 7.31. The Bertz CT molecular complexity index is 796. The van der Waals surface area contributed by atoms with Crippen LogP contribution in [0.4, 0.5) is 10.5 Å². The zero-order valence-corrected chi connectivity index (χ0v) is 13.4. The van der Waals surface area contributed by atoms with E-state index < -0.39 is 23.0 Å². The van der Waals surface area contributed by atoms with Crippen molar-refractivity contribution in [2.45, 2.75) is 19.4 Å². The van der Waals surface area contributed by atoms with Crippen molar-refractivity contribution >= 4 is 17.7 Å². The van der Waals surface area contributed by atoms with Gasteiger partial charge in [-0.25, -0.2) is 9.59 Å². The fraction of sp³-hybridized carbons (Fsp3) is 0.176. The highest BCUT2D eigenvalue weighted by Gasteiger charge is 2.27. The van der Waals surface area contributed by atoms with Gasteiger partial charge in [0.05, 0.1) is 11.0 Å². The second-order valence-corrected chi connectivity index (χ2v) is 5.40. The van der Waals surface area contributed by atoms with Gasteiger partial charge in [0.25, 0.3) is 5.69 Å². The number of carbonyl (C=O) groups excluding carboxylic acids is 1. The molecule has 1 atom stereocenters. The second kappa shape index (κ2) is 7.43. The van der Waals surface area contributed by atoms with E-state index >= 15 is 0 Å². The zero-order chi connectivity index (χ0) is 18.6. The molecular formula is C17H16N2O6. The molecule has 0 fully saturated rings. The molecule has 8 nitrogen and oxygen atoms in total. The molecule has 1 aliphatic heterocycles. The lowest BCUT2D eigenvalue weighted by Crippen LogP contribution is -2.37. The number of amides is 1. The molecule has 1 amide bonds. The Balaban J connectivity index is 2.31. The number of esters is 1. The van der Waals surface area contributed by atoms with E-state index in [1.807, 2.05) is 0 Å². The molecular weight excluding hydrogens is 328 g/mol. The van der Waals surface area contributed by atoms with Crippen molar-refractivity contribution in [2.24, 2.45) is 0 Å². The Labute approximate surface area is 143 Å². The highest BCUT2D eigenvalue weighted by Crippen LogP contribution is 2.24. The number of benzene rings is 1. The number of ether oxygens (including phenoxy) is 1. The molecule has 1 heterocycles. The van der Waals surface area contributed by atoms with Crippen molar-refractivity contribution in [3.05, 3.63) is 76.2 Å². The van der Waals surface area contributed by atoms with Gasteiger partial charge in [0.2, 0.25) is 0 Å². The van der Waals surface area contributed by atoms with Crippen molar-refractivity contribution < 1.29 is 24.4 Å². The fourth-order valence-corrected chi connectivity index (χ4v) is 2.30. The molecule has 130 valence electrons. The summed E-state index contributed by atoms with van der Waals surface area (Å²) in [5, 5.41) is 20.4. The van der Waals surface area contributed by atoms with Gasteiger partial charge >= 0.3 is 12.1 Å². The lowest BCUT2D eigenvalue weighted by atomic mass is 10.0. The number of carbonyl (C=O) groups is 2. The maximum atomic E-state index is 11.6. The van der Waals surface area contributed by atoms with Crippen LogP contribution in [0.1, 0.15) is 12.5 Å². The van der Waals surface area contributed by atoms with Crippen LogP contribution in [0.25, 0.3) is 0 Å². The van der Waals surface area contributed by atoms with Crippen molar-refractivity contribution in [2.75, 3.05) is 0 Å². The van der Waals surface area contributed by atoms with E-state index in [9.17, 15) is 24.8 Å². The minimum atomic E-state index is -1.22. The molecule has 1 aromatic rings. The maximum absolute atomic E-state index is 11.6. The van der Waals surface area contributed by atoms with Crippen LogP contribution >= 0.6 is 0 Å². The van der Waals surface area contributed by atoms with Gasteiger partial charge < -0.3 is 9.84 Å². The topological polar surface area (TPSA) is 110 Å². The van der Waals surface area contributed by atoms with Crippen LogP contribution in [0.2, 0.25) is 0 Å². The van der Waals surface area contributed by atoms with E-state index in [4.69, 9.17) is 4.74 Å². The van der Waals surface area contributed by atoms with E-state index in [0.29, 0.717) is 5.56 Å². The van der Waals surface area contributed by atoms with Gasteiger partial charge in [-0.15, -0.1) is 0 Å². The number of nitro benzene ring substituents is 1. The number of hydrogen-bond acceptors (Lipinski definition) is 5. The molecule has 0 bridgehead atoms. The van der Waals surface area contributed by atoms with Gasteiger partial charge in [-0.2, -0.15) is 0 Å². The lowest BCUT2D eigenvalue weighted by Gasteiger charge is -2.27. The molecule has 0 aromatic heterocycles. The highest BCUT2D eigenvalue weighted by atomic mass is 16.6. The van der Waals surface area contributed by atoms with E-state index in [1.165, 1.54) is 37.4 Å². The summed E-state index contributed by atoms with van der Waals surface area (Å²) in [6.07, 6.45) is 2.86. The number of para-hydroxylation sites is 1. The number of rotatable bonds is 5. The average Bonchev–Trinajstić information content (AvgIpc) is 2.55. The molecule has 1 unspecified atom stereocenters. The van der Waals surface area contributed by atoms with Crippen LogP contribution in [-0.4, -0.2) is 33.0 Å². The summed E-state index contributed by atoms with van der Waals surface area (Å²) >= 11 is 0. The van der Waals surface area contributed by atoms with E-state index in [1.54, 1.807) is 12.1 Å². The quantitative estimate of drug-likeness (QED) is 0.380. The molecule has 2 rings (SSSR count). The number of allylic oxidation sites excluding steroid dienone is 1. The number of nitro groups is 1.